The molecule has 4 rings (SSSR count). The van der Waals surface area contributed by atoms with Crippen molar-refractivity contribution in [3.63, 3.8) is 0 Å². The zero-order valence-corrected chi connectivity index (χ0v) is 17.2. The van der Waals surface area contributed by atoms with Crippen molar-refractivity contribution >= 4 is 11.8 Å². The van der Waals surface area contributed by atoms with Gasteiger partial charge in [-0.2, -0.15) is 0 Å². The van der Waals surface area contributed by atoms with Crippen LogP contribution in [0.5, 0.6) is 0 Å². The van der Waals surface area contributed by atoms with Crippen LogP contribution in [-0.2, 0) is 29.1 Å². The van der Waals surface area contributed by atoms with Gasteiger partial charge in [-0.05, 0) is 48.9 Å². The third-order valence-corrected chi connectivity index (χ3v) is 5.91. The number of carbonyl (C=O) groups excluding carboxylic acids is 2. The maximum absolute atomic E-state index is 12.7. The van der Waals surface area contributed by atoms with E-state index in [2.05, 4.69) is 34.9 Å². The Labute approximate surface area is 178 Å². The van der Waals surface area contributed by atoms with Crippen molar-refractivity contribution in [3.8, 4) is 0 Å². The van der Waals surface area contributed by atoms with Crippen LogP contribution >= 0.6 is 0 Å². The number of nitrogens with zero attached hydrogens (tertiary/aromatic N) is 1. The Morgan fingerprint density at radius 3 is 2.43 bits per heavy atom. The fourth-order valence-corrected chi connectivity index (χ4v) is 4.17. The van der Waals surface area contributed by atoms with Crippen molar-refractivity contribution in [2.75, 3.05) is 6.54 Å². The summed E-state index contributed by atoms with van der Waals surface area (Å²) in [6.45, 7) is 2.18. The predicted octanol–water partition coefficient (Wildman–Crippen LogP) is 2.95. The van der Waals surface area contributed by atoms with Gasteiger partial charge in [-0.25, -0.2) is 0 Å². The number of carbonyl (C=O) groups is 2. The summed E-state index contributed by atoms with van der Waals surface area (Å²) in [6.07, 6.45) is 6.98. The third-order valence-electron chi connectivity index (χ3n) is 5.91. The summed E-state index contributed by atoms with van der Waals surface area (Å²) >= 11 is 0. The van der Waals surface area contributed by atoms with Gasteiger partial charge in [0.15, 0.2) is 0 Å². The Kier molecular flexibility index (Phi) is 6.60. The van der Waals surface area contributed by atoms with Gasteiger partial charge in [0.25, 0.3) is 0 Å². The third kappa shape index (κ3) is 5.16. The Morgan fingerprint density at radius 1 is 1.07 bits per heavy atom. The standard InChI is InChI=1S/C25H29N3O2/c29-24(28-17-20-9-4-5-10-21(20)18-28)15-14-22(13-12-19-7-2-1-3-8-19)27-25(30)23-11-6-16-26-23/h1-5,7-10,14-15,22-23,26H,6,11-13,16-18H2,(H,27,30)/t22-,23-/m0/s1. The summed E-state index contributed by atoms with van der Waals surface area (Å²) in [5.41, 5.74) is 3.64. The van der Waals surface area contributed by atoms with Crippen molar-refractivity contribution in [2.24, 2.45) is 0 Å². The van der Waals surface area contributed by atoms with Crippen molar-refractivity contribution in [1.82, 2.24) is 15.5 Å². The van der Waals surface area contributed by atoms with Crippen molar-refractivity contribution < 1.29 is 9.59 Å². The molecule has 0 radical (unpaired) electrons. The number of nitrogens with one attached hydrogen (secondary N) is 2. The summed E-state index contributed by atoms with van der Waals surface area (Å²) in [6, 6.07) is 18.1. The lowest BCUT2D eigenvalue weighted by atomic mass is 10.0. The van der Waals surface area contributed by atoms with E-state index in [0.717, 1.165) is 32.2 Å². The first-order valence-corrected chi connectivity index (χ1v) is 10.8. The Hall–Kier alpha value is -2.92. The van der Waals surface area contributed by atoms with Gasteiger partial charge in [-0.1, -0.05) is 60.7 Å². The molecule has 5 heteroatoms. The summed E-state index contributed by atoms with van der Waals surface area (Å²) in [4.78, 5) is 27.2. The SMILES string of the molecule is O=C(N[C@H](C=CC(=O)N1Cc2ccccc2C1)CCc1ccccc1)[C@@H]1CCCN1. The molecule has 2 amide bonds. The molecule has 5 nitrogen and oxygen atoms in total. The second kappa shape index (κ2) is 9.72. The Morgan fingerprint density at radius 2 is 1.77 bits per heavy atom. The maximum Gasteiger partial charge on any atom is 0.246 e. The molecule has 0 bridgehead atoms. The average molecular weight is 404 g/mol. The van der Waals surface area contributed by atoms with Crippen LogP contribution in [-0.4, -0.2) is 35.3 Å². The number of amides is 2. The number of benzene rings is 2. The second-order valence-corrected chi connectivity index (χ2v) is 8.11. The van der Waals surface area contributed by atoms with Gasteiger partial charge in [-0.3, -0.25) is 9.59 Å². The predicted molar refractivity (Wildman–Crippen MR) is 118 cm³/mol. The van der Waals surface area contributed by atoms with Crippen molar-refractivity contribution in [2.45, 2.75) is 50.9 Å². The zero-order chi connectivity index (χ0) is 20.8. The molecule has 2 aliphatic rings. The van der Waals surface area contributed by atoms with Gasteiger partial charge in [0.05, 0.1) is 6.04 Å². The van der Waals surface area contributed by atoms with Crippen LogP contribution < -0.4 is 10.6 Å². The molecule has 0 unspecified atom stereocenters. The van der Waals surface area contributed by atoms with Gasteiger partial charge < -0.3 is 15.5 Å². The van der Waals surface area contributed by atoms with Gasteiger partial charge in [0.2, 0.25) is 11.8 Å². The minimum atomic E-state index is -0.172. The molecule has 0 aliphatic carbocycles. The summed E-state index contributed by atoms with van der Waals surface area (Å²) in [7, 11) is 0. The fourth-order valence-electron chi connectivity index (χ4n) is 4.17. The summed E-state index contributed by atoms with van der Waals surface area (Å²) < 4.78 is 0. The van der Waals surface area contributed by atoms with E-state index in [4.69, 9.17) is 0 Å². The molecular formula is C25H29N3O2. The molecular weight excluding hydrogens is 374 g/mol. The molecule has 2 N–H and O–H groups in total. The zero-order valence-electron chi connectivity index (χ0n) is 17.2. The molecule has 2 atom stereocenters. The van der Waals surface area contributed by atoms with Crippen LogP contribution in [0.25, 0.3) is 0 Å². The van der Waals surface area contributed by atoms with Crippen LogP contribution in [0.1, 0.15) is 36.0 Å². The number of fused-ring (bicyclic) bond motifs is 1. The first-order chi connectivity index (χ1) is 14.7. The van der Waals surface area contributed by atoms with Crippen LogP contribution in [0.15, 0.2) is 66.7 Å². The number of hydrogen-bond acceptors (Lipinski definition) is 3. The van der Waals surface area contributed by atoms with Gasteiger partial charge >= 0.3 is 0 Å². The highest BCUT2D eigenvalue weighted by Gasteiger charge is 2.24. The van der Waals surface area contributed by atoms with Crippen LogP contribution in [0, 0.1) is 0 Å². The first kappa shape index (κ1) is 20.4. The number of hydrogen-bond donors (Lipinski definition) is 2. The van der Waals surface area contributed by atoms with E-state index in [1.165, 1.54) is 16.7 Å². The lowest BCUT2D eigenvalue weighted by Gasteiger charge is -2.19. The molecule has 0 spiro atoms. The van der Waals surface area contributed by atoms with Gasteiger partial charge in [0.1, 0.15) is 0 Å². The molecule has 0 aromatic heterocycles. The molecule has 2 aromatic rings. The van der Waals surface area contributed by atoms with E-state index in [-0.39, 0.29) is 23.9 Å². The lowest BCUT2D eigenvalue weighted by molar-refractivity contribution is -0.127. The average Bonchev–Trinajstić information content (AvgIpc) is 3.46. The topological polar surface area (TPSA) is 61.4 Å². The maximum atomic E-state index is 12.7. The molecule has 1 fully saturated rings. The van der Waals surface area contributed by atoms with Crippen LogP contribution in [0.3, 0.4) is 0 Å². The van der Waals surface area contributed by atoms with E-state index in [0.29, 0.717) is 13.1 Å². The highest BCUT2D eigenvalue weighted by atomic mass is 16.2. The first-order valence-electron chi connectivity index (χ1n) is 10.8. The minimum Gasteiger partial charge on any atom is -0.349 e. The molecule has 2 aromatic carbocycles. The molecule has 0 saturated carbocycles. The minimum absolute atomic E-state index is 0.0100. The highest BCUT2D eigenvalue weighted by molar-refractivity contribution is 5.88. The van der Waals surface area contributed by atoms with E-state index >= 15 is 0 Å². The highest BCUT2D eigenvalue weighted by Crippen LogP contribution is 2.22. The molecule has 2 aliphatic heterocycles. The second-order valence-electron chi connectivity index (χ2n) is 8.11. The molecule has 156 valence electrons. The Balaban J connectivity index is 1.39. The van der Waals surface area contributed by atoms with Gasteiger partial charge in [-0.15, -0.1) is 0 Å². The molecule has 1 saturated heterocycles. The van der Waals surface area contributed by atoms with Gasteiger partial charge in [0, 0.05) is 25.2 Å². The summed E-state index contributed by atoms with van der Waals surface area (Å²) in [5, 5.41) is 6.38. The lowest BCUT2D eigenvalue weighted by Crippen LogP contribution is -2.44. The normalized spacial score (nSPS) is 19.1. The summed E-state index contributed by atoms with van der Waals surface area (Å²) in [5.74, 6) is 0.0142. The van der Waals surface area contributed by atoms with Crippen molar-refractivity contribution in [3.05, 3.63) is 83.4 Å². The fraction of sp³-hybridized carbons (Fsp3) is 0.360. The van der Waals surface area contributed by atoms with Crippen LogP contribution in [0.4, 0.5) is 0 Å². The van der Waals surface area contributed by atoms with E-state index < -0.39 is 0 Å². The monoisotopic (exact) mass is 403 g/mol. The quantitative estimate of drug-likeness (QED) is 0.699. The number of aryl methyl sites for hydroxylation is 1. The van der Waals surface area contributed by atoms with E-state index in [1.807, 2.05) is 41.3 Å². The van der Waals surface area contributed by atoms with E-state index in [9.17, 15) is 9.59 Å². The smallest absolute Gasteiger partial charge is 0.246 e. The number of rotatable bonds is 7. The molecule has 30 heavy (non-hydrogen) atoms. The molecule has 2 heterocycles. The van der Waals surface area contributed by atoms with E-state index in [1.54, 1.807) is 6.08 Å². The van der Waals surface area contributed by atoms with Crippen molar-refractivity contribution in [1.29, 1.82) is 0 Å². The Bertz CT molecular complexity index is 879. The van der Waals surface area contributed by atoms with Crippen LogP contribution in [0.2, 0.25) is 0 Å². The largest absolute Gasteiger partial charge is 0.349 e.